The fourth-order valence-electron chi connectivity index (χ4n) is 0. The van der Waals surface area contributed by atoms with E-state index >= 15 is 0 Å². The van der Waals surface area contributed by atoms with Crippen molar-refractivity contribution < 1.29 is 65.3 Å². The van der Waals surface area contributed by atoms with E-state index in [0.717, 1.165) is 0 Å². The van der Waals surface area contributed by atoms with Crippen LogP contribution in [0.1, 0.15) is 0 Å². The summed E-state index contributed by atoms with van der Waals surface area (Å²) in [5, 5.41) is 0. The molecule has 0 N–H and O–H groups in total. The molecule has 22 heavy (non-hydrogen) atoms. The first kappa shape index (κ1) is 30.1. The summed E-state index contributed by atoms with van der Waals surface area (Å²) in [6.45, 7) is 0. The molecule has 0 bridgehead atoms. The maximum Gasteiger partial charge on any atom is 3.00 e. The average Bonchev–Trinajstić information content (AvgIpc) is 2.14. The van der Waals surface area contributed by atoms with E-state index in [-0.39, 0.29) is 26.2 Å². The second-order valence-corrected chi connectivity index (χ2v) is 6.29. The number of halogens is 6. The van der Waals surface area contributed by atoms with Crippen molar-refractivity contribution in [2.75, 3.05) is 0 Å². The molecule has 2 radical (unpaired) electrons. The minimum Gasteiger partial charge on any atom is -0.744 e. The van der Waals surface area contributed by atoms with Gasteiger partial charge in [0.2, 0.25) is 0 Å². The van der Waals surface area contributed by atoms with Crippen LogP contribution in [0.2, 0.25) is 0 Å². The molecule has 0 aliphatic heterocycles. The minimum absolute atomic E-state index is 0. The van der Waals surface area contributed by atoms with Crippen molar-refractivity contribution in [3.8, 4) is 0 Å². The van der Waals surface area contributed by atoms with Crippen LogP contribution < -0.4 is 0 Å². The van der Waals surface area contributed by atoms with Crippen LogP contribution in [0.25, 0.3) is 0 Å². The van der Waals surface area contributed by atoms with Gasteiger partial charge in [-0.2, -0.15) is 26.3 Å². The molecular weight excluding hydrogens is 599 g/mol. The fraction of sp³-hybridized carbons (Fsp3) is 1.00. The molecule has 0 saturated carbocycles. The quantitative estimate of drug-likeness (QED) is 0.221. The molecule has 0 amide bonds. The summed E-state index contributed by atoms with van der Waals surface area (Å²) < 4.78 is 145. The van der Waals surface area contributed by atoms with E-state index in [4.69, 9.17) is 38.9 Å². The van der Waals surface area contributed by atoms with Crippen molar-refractivity contribution in [2.24, 2.45) is 0 Å². The van der Waals surface area contributed by atoms with Gasteiger partial charge in [0.05, 0.1) is 0 Å². The van der Waals surface area contributed by atoms with Gasteiger partial charge in [0, 0.05) is 0 Å². The Balaban J connectivity index is -0.000000108. The second kappa shape index (κ2) is 11.7. The van der Waals surface area contributed by atoms with Gasteiger partial charge in [0.1, 0.15) is 0 Å². The van der Waals surface area contributed by atoms with E-state index in [1.54, 1.807) is 0 Å². The van der Waals surface area contributed by atoms with Gasteiger partial charge < -0.3 is 13.7 Å². The van der Waals surface area contributed by atoms with Crippen LogP contribution in [0, 0.1) is 0 Å². The van der Waals surface area contributed by atoms with Crippen LogP contribution in [-0.2, 0) is 30.4 Å². The Hall–Kier alpha value is 0.193. The first-order valence-corrected chi connectivity index (χ1v) is 7.93. The monoisotopic (exact) mass is 602 g/mol. The Bertz CT molecular complexity index is 496. The van der Waals surface area contributed by atoms with E-state index in [9.17, 15) is 26.3 Å². The number of alkyl halides is 6. The largest absolute Gasteiger partial charge is 3.00 e. The zero-order valence-electron chi connectivity index (χ0n) is 9.35. The summed E-state index contributed by atoms with van der Waals surface area (Å²) in [6.07, 6.45) is 0. The molecule has 0 unspecified atom stereocenters. The SMILES string of the molecule is O=S(=O)([O-])C(F)F.O=S(=O)([O-])C(F)F.O=S(=O)([O-])C(F)F.[Bi+3]. The Labute approximate surface area is 139 Å². The number of hydrogen-bond donors (Lipinski definition) is 0. The molecule has 0 aromatic rings. The van der Waals surface area contributed by atoms with Crippen molar-refractivity contribution >= 4 is 56.6 Å². The molecule has 0 heterocycles. The van der Waals surface area contributed by atoms with Gasteiger partial charge in [-0.15, -0.1) is 0 Å². The third-order valence-corrected chi connectivity index (χ3v) is 1.96. The van der Waals surface area contributed by atoms with Gasteiger partial charge in [0.25, 0.3) is 0 Å². The normalized spacial score (nSPS) is 12.0. The summed E-state index contributed by atoms with van der Waals surface area (Å²) in [6, 6.07) is 0. The maximum absolute atomic E-state index is 10.6. The molecule has 0 aliphatic carbocycles. The zero-order valence-corrected chi connectivity index (χ0v) is 15.3. The van der Waals surface area contributed by atoms with Crippen molar-refractivity contribution in [3.05, 3.63) is 0 Å². The molecular formula is C3H3BiF6O9S3. The zero-order chi connectivity index (χ0) is 18.2. The summed E-state index contributed by atoms with van der Waals surface area (Å²) in [5.41, 5.74) is 0. The van der Waals surface area contributed by atoms with E-state index < -0.39 is 47.6 Å². The minimum atomic E-state index is -5.32. The van der Waals surface area contributed by atoms with Crippen LogP contribution >= 0.6 is 0 Å². The molecule has 0 rings (SSSR count). The molecule has 134 valence electrons. The van der Waals surface area contributed by atoms with E-state index in [0.29, 0.717) is 0 Å². The number of hydrogen-bond acceptors (Lipinski definition) is 9. The molecule has 0 fully saturated rings. The van der Waals surface area contributed by atoms with Crippen molar-refractivity contribution in [1.82, 2.24) is 0 Å². The molecule has 0 atom stereocenters. The van der Waals surface area contributed by atoms with Gasteiger partial charge in [-0.3, -0.25) is 0 Å². The third kappa shape index (κ3) is 22.5. The Morgan fingerprint density at radius 3 is 0.545 bits per heavy atom. The fourth-order valence-corrected chi connectivity index (χ4v) is 0. The molecule has 19 heteroatoms. The summed E-state index contributed by atoms with van der Waals surface area (Å²) in [7, 11) is -16.0. The predicted octanol–water partition coefficient (Wildman–Crippen LogP) is -1.12. The Morgan fingerprint density at radius 1 is 0.500 bits per heavy atom. The van der Waals surface area contributed by atoms with Gasteiger partial charge in [-0.1, -0.05) is 0 Å². The van der Waals surface area contributed by atoms with Crippen molar-refractivity contribution in [2.45, 2.75) is 17.3 Å². The maximum atomic E-state index is 10.6. The van der Waals surface area contributed by atoms with Crippen molar-refractivity contribution in [3.63, 3.8) is 0 Å². The first-order valence-electron chi connectivity index (χ1n) is 3.52. The standard InChI is InChI=1S/3CH2F2O3S.Bi/c3*2-1(3)7(4,5)6;/h3*1H,(H,4,5,6);/q;;;+3/p-3. The molecule has 0 aromatic carbocycles. The van der Waals surface area contributed by atoms with E-state index in [1.165, 1.54) is 0 Å². The van der Waals surface area contributed by atoms with E-state index in [2.05, 4.69) is 0 Å². The Morgan fingerprint density at radius 2 is 0.545 bits per heavy atom. The van der Waals surface area contributed by atoms with Gasteiger partial charge in [-0.05, 0) is 0 Å². The van der Waals surface area contributed by atoms with E-state index in [1.807, 2.05) is 0 Å². The summed E-state index contributed by atoms with van der Waals surface area (Å²) in [5.74, 6) is -11.4. The smallest absolute Gasteiger partial charge is 0.744 e. The summed E-state index contributed by atoms with van der Waals surface area (Å²) >= 11 is 0. The predicted molar refractivity (Wildman–Crippen MR) is 52.9 cm³/mol. The van der Waals surface area contributed by atoms with Gasteiger partial charge >= 0.3 is 43.5 Å². The molecule has 9 nitrogen and oxygen atoms in total. The van der Waals surface area contributed by atoms with Crippen LogP contribution in [-0.4, -0.2) is 82.4 Å². The van der Waals surface area contributed by atoms with Crippen LogP contribution in [0.5, 0.6) is 0 Å². The molecule has 0 saturated heterocycles. The second-order valence-electron chi connectivity index (χ2n) is 2.26. The van der Waals surface area contributed by atoms with Gasteiger partial charge in [0.15, 0.2) is 30.4 Å². The first-order chi connectivity index (χ1) is 8.83. The molecule has 0 aliphatic rings. The summed E-state index contributed by atoms with van der Waals surface area (Å²) in [4.78, 5) is 0. The topological polar surface area (TPSA) is 172 Å². The van der Waals surface area contributed by atoms with Crippen LogP contribution in [0.15, 0.2) is 0 Å². The van der Waals surface area contributed by atoms with Gasteiger partial charge in [-0.25, -0.2) is 25.3 Å². The van der Waals surface area contributed by atoms with Crippen LogP contribution in [0.3, 0.4) is 0 Å². The number of rotatable bonds is 3. The van der Waals surface area contributed by atoms with Crippen LogP contribution in [0.4, 0.5) is 26.3 Å². The third-order valence-electron chi connectivity index (χ3n) is 0.655. The molecule has 0 aromatic heterocycles. The van der Waals surface area contributed by atoms with Crippen molar-refractivity contribution in [1.29, 1.82) is 0 Å². The Kier molecular flexibility index (Phi) is 16.0. The average molecular weight is 602 g/mol. The molecule has 0 spiro atoms.